The molecule has 0 saturated heterocycles. The summed E-state index contributed by atoms with van der Waals surface area (Å²) in [5.74, 6) is 0.437. The fourth-order valence-electron chi connectivity index (χ4n) is 3.88. The molecule has 166 valence electrons. The molecule has 2 heterocycles. The first-order chi connectivity index (χ1) is 14.9. The topological polar surface area (TPSA) is 65.5 Å². The number of nitrogens with one attached hydrogen (secondary N) is 1. The third-order valence-electron chi connectivity index (χ3n) is 5.56. The van der Waals surface area contributed by atoms with Gasteiger partial charge >= 0.3 is 0 Å². The summed E-state index contributed by atoms with van der Waals surface area (Å²) in [4.78, 5) is 32.6. The fourth-order valence-corrected chi connectivity index (χ4v) is 3.88. The van der Waals surface area contributed by atoms with E-state index in [2.05, 4.69) is 41.5 Å². The highest BCUT2D eigenvalue weighted by molar-refractivity contribution is 5.94. The van der Waals surface area contributed by atoms with Crippen LogP contribution >= 0.6 is 12.4 Å². The Morgan fingerprint density at radius 3 is 2.81 bits per heavy atom. The Hall–Kier alpha value is -3.22. The van der Waals surface area contributed by atoms with E-state index in [0.29, 0.717) is 25.5 Å². The van der Waals surface area contributed by atoms with E-state index in [1.807, 2.05) is 37.2 Å². The first-order valence-electron chi connectivity index (χ1n) is 10.3. The zero-order valence-corrected chi connectivity index (χ0v) is 19.3. The molecule has 0 atom stereocenters. The lowest BCUT2D eigenvalue weighted by molar-refractivity contribution is -0.125. The monoisotopic (exact) mass is 450 g/mol. The van der Waals surface area contributed by atoms with Crippen LogP contribution in [-0.2, 0) is 22.7 Å². The minimum absolute atomic E-state index is 0. The molecule has 32 heavy (non-hydrogen) atoms. The maximum absolute atomic E-state index is 12.8. The van der Waals surface area contributed by atoms with E-state index in [0.717, 1.165) is 16.7 Å². The summed E-state index contributed by atoms with van der Waals surface area (Å²) in [6, 6.07) is 14.4. The number of halogens is 1. The summed E-state index contributed by atoms with van der Waals surface area (Å²) in [6.07, 6.45) is 5.01. The smallest absolute Gasteiger partial charge is 0.246 e. The molecule has 0 bridgehead atoms. The zero-order chi connectivity index (χ0) is 22.0. The minimum Gasteiger partial charge on any atom is -0.338 e. The molecule has 6 nitrogen and oxygen atoms in total. The number of fused-ring (bicyclic) bond motifs is 2. The standard InChI is InChI=1S/C25H26N4O2.ClH/c1-17-8-10-19-6-4-5-7-21(19)22(17)15-29(3)24(31)11-9-18-12-20-14-28(2)16-23(30)27-25(20)26-13-18;/h4-13H,14-16H2,1-3H3,(H,26,27,30);1H. The second-order valence-corrected chi connectivity index (χ2v) is 8.11. The number of aryl methyl sites for hydroxylation is 1. The van der Waals surface area contributed by atoms with Crippen LogP contribution in [0.5, 0.6) is 0 Å². The average Bonchev–Trinajstić information content (AvgIpc) is 2.89. The molecule has 1 aliphatic rings. The number of hydrogen-bond acceptors (Lipinski definition) is 4. The van der Waals surface area contributed by atoms with Gasteiger partial charge in [0.25, 0.3) is 0 Å². The lowest BCUT2D eigenvalue weighted by atomic mass is 9.99. The van der Waals surface area contributed by atoms with Gasteiger partial charge < -0.3 is 10.2 Å². The summed E-state index contributed by atoms with van der Waals surface area (Å²) in [7, 11) is 3.71. The number of carbonyl (C=O) groups is 2. The Morgan fingerprint density at radius 2 is 2.00 bits per heavy atom. The van der Waals surface area contributed by atoms with E-state index in [4.69, 9.17) is 0 Å². The lowest BCUT2D eigenvalue weighted by Crippen LogP contribution is -2.26. The van der Waals surface area contributed by atoms with Crippen LogP contribution in [0.3, 0.4) is 0 Å². The Kier molecular flexibility index (Phi) is 7.28. The van der Waals surface area contributed by atoms with Gasteiger partial charge in [-0.25, -0.2) is 4.98 Å². The Morgan fingerprint density at radius 1 is 1.22 bits per heavy atom. The van der Waals surface area contributed by atoms with Crippen molar-refractivity contribution < 1.29 is 9.59 Å². The molecular formula is C25H27ClN4O2. The molecule has 0 fully saturated rings. The summed E-state index contributed by atoms with van der Waals surface area (Å²) in [5.41, 5.74) is 4.09. The molecule has 4 rings (SSSR count). The molecule has 7 heteroatoms. The molecule has 2 amide bonds. The van der Waals surface area contributed by atoms with E-state index >= 15 is 0 Å². The minimum atomic E-state index is -0.0762. The number of hydrogen-bond donors (Lipinski definition) is 1. The Labute approximate surface area is 194 Å². The van der Waals surface area contributed by atoms with Gasteiger partial charge in [0.1, 0.15) is 5.82 Å². The number of amides is 2. The summed E-state index contributed by atoms with van der Waals surface area (Å²) in [6.45, 7) is 3.57. The molecule has 2 aromatic carbocycles. The maximum atomic E-state index is 12.8. The van der Waals surface area contributed by atoms with Gasteiger partial charge in [0, 0.05) is 38.0 Å². The van der Waals surface area contributed by atoms with Crippen LogP contribution in [0, 0.1) is 6.92 Å². The van der Waals surface area contributed by atoms with Crippen LogP contribution in [-0.4, -0.2) is 47.2 Å². The van der Waals surface area contributed by atoms with E-state index in [1.54, 1.807) is 23.2 Å². The fraction of sp³-hybridized carbons (Fsp3) is 0.240. The van der Waals surface area contributed by atoms with Crippen molar-refractivity contribution in [1.29, 1.82) is 0 Å². The van der Waals surface area contributed by atoms with E-state index < -0.39 is 0 Å². The van der Waals surface area contributed by atoms with Crippen molar-refractivity contribution in [3.8, 4) is 0 Å². The molecule has 0 spiro atoms. The summed E-state index contributed by atoms with van der Waals surface area (Å²) >= 11 is 0. The van der Waals surface area contributed by atoms with Crippen molar-refractivity contribution >= 4 is 46.9 Å². The van der Waals surface area contributed by atoms with Gasteiger partial charge in [-0.2, -0.15) is 0 Å². The van der Waals surface area contributed by atoms with Crippen LogP contribution in [0.1, 0.15) is 22.3 Å². The number of rotatable bonds is 4. The van der Waals surface area contributed by atoms with Gasteiger partial charge in [-0.1, -0.05) is 36.4 Å². The van der Waals surface area contributed by atoms with E-state index in [9.17, 15) is 9.59 Å². The predicted molar refractivity (Wildman–Crippen MR) is 131 cm³/mol. The van der Waals surface area contributed by atoms with Gasteiger partial charge in [-0.15, -0.1) is 12.4 Å². The van der Waals surface area contributed by atoms with Crippen molar-refractivity contribution in [3.63, 3.8) is 0 Å². The number of pyridine rings is 1. The Balaban J connectivity index is 0.00000289. The van der Waals surface area contributed by atoms with E-state index in [-0.39, 0.29) is 24.2 Å². The van der Waals surface area contributed by atoms with Crippen molar-refractivity contribution in [2.75, 3.05) is 26.0 Å². The largest absolute Gasteiger partial charge is 0.338 e. The van der Waals surface area contributed by atoms with Gasteiger partial charge in [0.2, 0.25) is 11.8 Å². The molecule has 0 saturated carbocycles. The number of aromatic nitrogens is 1. The number of nitrogens with zero attached hydrogens (tertiary/aromatic N) is 3. The highest BCUT2D eigenvalue weighted by atomic mass is 35.5. The van der Waals surface area contributed by atoms with Crippen molar-refractivity contribution in [3.05, 3.63) is 77.0 Å². The van der Waals surface area contributed by atoms with Gasteiger partial charge in [0.15, 0.2) is 0 Å². The zero-order valence-electron chi connectivity index (χ0n) is 18.5. The molecule has 0 aliphatic carbocycles. The normalized spacial score (nSPS) is 13.9. The average molecular weight is 451 g/mol. The van der Waals surface area contributed by atoms with Crippen LogP contribution in [0.4, 0.5) is 5.82 Å². The Bertz CT molecular complexity index is 1190. The summed E-state index contributed by atoms with van der Waals surface area (Å²) < 4.78 is 0. The third-order valence-corrected chi connectivity index (χ3v) is 5.56. The lowest BCUT2D eigenvalue weighted by Gasteiger charge is -2.18. The number of likely N-dealkylation sites (N-methyl/N-ethyl adjacent to an activating group) is 2. The molecular weight excluding hydrogens is 424 g/mol. The first-order valence-corrected chi connectivity index (χ1v) is 10.3. The predicted octanol–water partition coefficient (Wildman–Crippen LogP) is 4.02. The molecule has 0 radical (unpaired) electrons. The van der Waals surface area contributed by atoms with Gasteiger partial charge in [-0.05, 0) is 53.6 Å². The second kappa shape index (κ2) is 9.94. The van der Waals surface area contributed by atoms with Crippen molar-refractivity contribution in [1.82, 2.24) is 14.8 Å². The van der Waals surface area contributed by atoms with Crippen LogP contribution in [0.2, 0.25) is 0 Å². The van der Waals surface area contributed by atoms with Crippen molar-refractivity contribution in [2.45, 2.75) is 20.0 Å². The highest BCUT2D eigenvalue weighted by Gasteiger charge is 2.17. The molecule has 3 aromatic rings. The number of carbonyl (C=O) groups excluding carboxylic acids is 2. The van der Waals surface area contributed by atoms with Crippen LogP contribution < -0.4 is 5.32 Å². The van der Waals surface area contributed by atoms with Crippen molar-refractivity contribution in [2.24, 2.45) is 0 Å². The first kappa shape index (κ1) is 23.4. The van der Waals surface area contributed by atoms with E-state index in [1.165, 1.54) is 16.3 Å². The molecule has 1 aromatic heterocycles. The van der Waals surface area contributed by atoms with Crippen LogP contribution in [0.25, 0.3) is 16.8 Å². The van der Waals surface area contributed by atoms with Gasteiger partial charge in [0.05, 0.1) is 6.54 Å². The quantitative estimate of drug-likeness (QED) is 0.610. The second-order valence-electron chi connectivity index (χ2n) is 8.11. The number of benzene rings is 2. The molecule has 1 aliphatic heterocycles. The summed E-state index contributed by atoms with van der Waals surface area (Å²) in [5, 5.41) is 5.17. The SMILES string of the molecule is Cc1ccc2ccccc2c1CN(C)C(=O)C=Cc1cnc2c(c1)CN(C)CC(=O)N2.Cl. The van der Waals surface area contributed by atoms with Crippen LogP contribution in [0.15, 0.2) is 54.7 Å². The molecule has 1 N–H and O–H groups in total. The number of anilines is 1. The third kappa shape index (κ3) is 5.15. The highest BCUT2D eigenvalue weighted by Crippen LogP contribution is 2.24. The van der Waals surface area contributed by atoms with Gasteiger partial charge in [-0.3, -0.25) is 14.5 Å². The molecule has 0 unspecified atom stereocenters. The maximum Gasteiger partial charge on any atom is 0.246 e.